The molecular weight excluding hydrogens is 451 g/mol. The van der Waals surface area contributed by atoms with Crippen molar-refractivity contribution in [2.45, 2.75) is 6.92 Å². The van der Waals surface area contributed by atoms with E-state index in [1.54, 1.807) is 43.3 Å². The van der Waals surface area contributed by atoms with Crippen LogP contribution in [0.5, 0.6) is 0 Å². The van der Waals surface area contributed by atoms with Gasteiger partial charge in [-0.15, -0.1) is 0 Å². The Labute approximate surface area is 165 Å². The van der Waals surface area contributed by atoms with E-state index in [-0.39, 0.29) is 6.54 Å². The SMILES string of the molecule is Cc1cc(Cl)ccc1N(CC(=O)Nc1ccc(Br)c(Cl)c1)S(C)(=O)=O. The molecule has 0 saturated carbocycles. The maximum absolute atomic E-state index is 12.3. The van der Waals surface area contributed by atoms with Gasteiger partial charge in [-0.2, -0.15) is 0 Å². The highest BCUT2D eigenvalue weighted by molar-refractivity contribution is 9.10. The minimum atomic E-state index is -3.66. The minimum absolute atomic E-state index is 0.366. The van der Waals surface area contributed by atoms with E-state index in [1.165, 1.54) is 0 Å². The fourth-order valence-electron chi connectivity index (χ4n) is 2.18. The summed E-state index contributed by atoms with van der Waals surface area (Å²) in [6, 6.07) is 9.71. The molecule has 1 amide bonds. The van der Waals surface area contributed by atoms with Gasteiger partial charge in [0, 0.05) is 15.2 Å². The van der Waals surface area contributed by atoms with Crippen LogP contribution in [-0.2, 0) is 14.8 Å². The van der Waals surface area contributed by atoms with Gasteiger partial charge in [0.25, 0.3) is 0 Å². The minimum Gasteiger partial charge on any atom is -0.324 e. The number of carbonyl (C=O) groups is 1. The van der Waals surface area contributed by atoms with Gasteiger partial charge in [0.15, 0.2) is 0 Å². The maximum atomic E-state index is 12.3. The second-order valence-electron chi connectivity index (χ2n) is 5.38. The van der Waals surface area contributed by atoms with Gasteiger partial charge in [-0.25, -0.2) is 8.42 Å². The summed E-state index contributed by atoms with van der Waals surface area (Å²) in [5.74, 6) is -0.488. The molecule has 2 rings (SSSR count). The molecule has 134 valence electrons. The topological polar surface area (TPSA) is 66.5 Å². The molecule has 0 aliphatic rings. The molecule has 2 aromatic rings. The molecule has 5 nitrogen and oxygen atoms in total. The van der Waals surface area contributed by atoms with Crippen LogP contribution in [0, 0.1) is 6.92 Å². The van der Waals surface area contributed by atoms with Gasteiger partial charge in [-0.3, -0.25) is 9.10 Å². The molecule has 1 N–H and O–H groups in total. The highest BCUT2D eigenvalue weighted by Crippen LogP contribution is 2.27. The molecule has 0 spiro atoms. The fourth-order valence-corrected chi connectivity index (χ4v) is 3.75. The Balaban J connectivity index is 2.25. The molecule has 0 aliphatic carbocycles. The van der Waals surface area contributed by atoms with E-state index in [2.05, 4.69) is 21.2 Å². The zero-order chi connectivity index (χ0) is 18.8. The number of nitrogens with zero attached hydrogens (tertiary/aromatic N) is 1. The third-order valence-corrected chi connectivity index (χ3v) is 5.91. The van der Waals surface area contributed by atoms with Crippen LogP contribution >= 0.6 is 39.1 Å². The number of anilines is 2. The summed E-state index contributed by atoms with van der Waals surface area (Å²) in [4.78, 5) is 12.3. The Morgan fingerprint density at radius 3 is 2.44 bits per heavy atom. The van der Waals surface area contributed by atoms with Crippen LogP contribution in [0.2, 0.25) is 10.0 Å². The molecule has 0 fully saturated rings. The zero-order valence-electron chi connectivity index (χ0n) is 13.4. The molecule has 0 radical (unpaired) electrons. The summed E-state index contributed by atoms with van der Waals surface area (Å²) in [5, 5.41) is 3.56. The van der Waals surface area contributed by atoms with Crippen LogP contribution in [0.15, 0.2) is 40.9 Å². The lowest BCUT2D eigenvalue weighted by Gasteiger charge is -2.23. The highest BCUT2D eigenvalue weighted by Gasteiger charge is 2.22. The van der Waals surface area contributed by atoms with E-state index in [4.69, 9.17) is 23.2 Å². The van der Waals surface area contributed by atoms with E-state index in [0.29, 0.717) is 31.5 Å². The van der Waals surface area contributed by atoms with Gasteiger partial charge in [-0.05, 0) is 64.8 Å². The van der Waals surface area contributed by atoms with Crippen molar-refractivity contribution in [3.63, 3.8) is 0 Å². The predicted octanol–water partition coefficient (Wildman–Crippen LogP) is 4.47. The summed E-state index contributed by atoms with van der Waals surface area (Å²) in [7, 11) is -3.66. The summed E-state index contributed by atoms with van der Waals surface area (Å²) in [5.41, 5.74) is 1.52. The molecule has 0 bridgehead atoms. The normalized spacial score (nSPS) is 11.2. The number of benzene rings is 2. The number of halogens is 3. The van der Waals surface area contributed by atoms with Gasteiger partial charge < -0.3 is 5.32 Å². The second kappa shape index (κ2) is 7.95. The van der Waals surface area contributed by atoms with Crippen molar-refractivity contribution < 1.29 is 13.2 Å². The summed E-state index contributed by atoms with van der Waals surface area (Å²) >= 11 is 15.2. The first-order valence-electron chi connectivity index (χ1n) is 7.06. The van der Waals surface area contributed by atoms with Gasteiger partial charge >= 0.3 is 0 Å². The van der Waals surface area contributed by atoms with Crippen LogP contribution in [0.3, 0.4) is 0 Å². The molecule has 0 saturated heterocycles. The van der Waals surface area contributed by atoms with E-state index >= 15 is 0 Å². The van der Waals surface area contributed by atoms with Crippen LogP contribution in [-0.4, -0.2) is 27.1 Å². The molecule has 0 aliphatic heterocycles. The predicted molar refractivity (Wildman–Crippen MR) is 106 cm³/mol. The fraction of sp³-hybridized carbons (Fsp3) is 0.188. The van der Waals surface area contributed by atoms with Crippen molar-refractivity contribution in [3.8, 4) is 0 Å². The first-order valence-corrected chi connectivity index (χ1v) is 10.5. The standard InChI is InChI=1S/C16H15BrCl2N2O3S/c1-10-7-11(18)3-6-15(10)21(25(2,23)24)9-16(22)20-12-4-5-13(17)14(19)8-12/h3-8H,9H2,1-2H3,(H,20,22). The molecule has 0 atom stereocenters. The third-order valence-electron chi connectivity index (χ3n) is 3.32. The number of rotatable bonds is 5. The first kappa shape index (κ1) is 20.0. The third kappa shape index (κ3) is 5.34. The van der Waals surface area contributed by atoms with Gasteiger partial charge in [-0.1, -0.05) is 23.2 Å². The number of nitrogens with one attached hydrogen (secondary N) is 1. The maximum Gasteiger partial charge on any atom is 0.245 e. The van der Waals surface area contributed by atoms with Crippen molar-refractivity contribution in [1.82, 2.24) is 0 Å². The highest BCUT2D eigenvalue weighted by atomic mass is 79.9. The van der Waals surface area contributed by atoms with Crippen LogP contribution in [0.4, 0.5) is 11.4 Å². The quantitative estimate of drug-likeness (QED) is 0.708. The van der Waals surface area contributed by atoms with Crippen molar-refractivity contribution in [3.05, 3.63) is 56.5 Å². The number of amides is 1. The van der Waals surface area contributed by atoms with Crippen molar-refractivity contribution in [1.29, 1.82) is 0 Å². The average Bonchev–Trinajstić information content (AvgIpc) is 2.48. The molecule has 0 heterocycles. The average molecular weight is 466 g/mol. The lowest BCUT2D eigenvalue weighted by atomic mass is 10.2. The van der Waals surface area contributed by atoms with Gasteiger partial charge in [0.2, 0.25) is 15.9 Å². The molecule has 0 aromatic heterocycles. The van der Waals surface area contributed by atoms with E-state index in [1.807, 2.05) is 0 Å². The number of hydrogen-bond donors (Lipinski definition) is 1. The van der Waals surface area contributed by atoms with Crippen LogP contribution in [0.25, 0.3) is 0 Å². The summed E-state index contributed by atoms with van der Waals surface area (Å²) < 4.78 is 26.0. The van der Waals surface area contributed by atoms with Gasteiger partial charge in [0.05, 0.1) is 17.0 Å². The smallest absolute Gasteiger partial charge is 0.245 e. The van der Waals surface area contributed by atoms with E-state index in [0.717, 1.165) is 10.6 Å². The van der Waals surface area contributed by atoms with Crippen molar-refractivity contribution in [2.24, 2.45) is 0 Å². The molecule has 0 unspecified atom stereocenters. The molecule has 2 aromatic carbocycles. The van der Waals surface area contributed by atoms with E-state index in [9.17, 15) is 13.2 Å². The Hall–Kier alpha value is -1.28. The Kier molecular flexibility index (Phi) is 6.37. The molecule has 9 heteroatoms. The number of carbonyl (C=O) groups excluding carboxylic acids is 1. The van der Waals surface area contributed by atoms with Crippen molar-refractivity contribution >= 4 is 66.4 Å². The largest absolute Gasteiger partial charge is 0.324 e. The van der Waals surface area contributed by atoms with E-state index < -0.39 is 15.9 Å². The summed E-state index contributed by atoms with van der Waals surface area (Å²) in [6.45, 7) is 1.36. The number of hydrogen-bond acceptors (Lipinski definition) is 3. The monoisotopic (exact) mass is 464 g/mol. The number of aryl methyl sites for hydroxylation is 1. The lowest BCUT2D eigenvalue weighted by molar-refractivity contribution is -0.114. The van der Waals surface area contributed by atoms with Crippen LogP contribution in [0.1, 0.15) is 5.56 Å². The van der Waals surface area contributed by atoms with Gasteiger partial charge in [0.1, 0.15) is 6.54 Å². The Morgan fingerprint density at radius 2 is 1.88 bits per heavy atom. The Morgan fingerprint density at radius 1 is 1.20 bits per heavy atom. The lowest BCUT2D eigenvalue weighted by Crippen LogP contribution is -2.37. The van der Waals surface area contributed by atoms with Crippen molar-refractivity contribution in [2.75, 3.05) is 22.4 Å². The first-order chi connectivity index (χ1) is 11.6. The zero-order valence-corrected chi connectivity index (χ0v) is 17.3. The second-order valence-corrected chi connectivity index (χ2v) is 8.98. The summed E-state index contributed by atoms with van der Waals surface area (Å²) in [6.07, 6.45) is 1.05. The molecular formula is C16H15BrCl2N2O3S. The van der Waals surface area contributed by atoms with Crippen LogP contribution < -0.4 is 9.62 Å². The Bertz CT molecular complexity index is 920. The molecule has 25 heavy (non-hydrogen) atoms. The number of sulfonamides is 1.